The molecule has 0 amide bonds. The monoisotopic (exact) mass is 178 g/mol. The van der Waals surface area contributed by atoms with Gasteiger partial charge in [0.25, 0.3) is 0 Å². The molecule has 0 saturated heterocycles. The Balaban J connectivity index is 1.96. The quantitative estimate of drug-likeness (QED) is 0.528. The highest BCUT2D eigenvalue weighted by Crippen LogP contribution is 2.58. The van der Waals surface area contributed by atoms with E-state index in [2.05, 4.69) is 13.8 Å². The lowest BCUT2D eigenvalue weighted by Crippen LogP contribution is -2.32. The van der Waals surface area contributed by atoms with Gasteiger partial charge in [-0.15, -0.1) is 0 Å². The van der Waals surface area contributed by atoms with Crippen molar-refractivity contribution >= 4 is 0 Å². The first-order chi connectivity index (χ1) is 6.15. The summed E-state index contributed by atoms with van der Waals surface area (Å²) in [6.07, 6.45) is 9.39. The van der Waals surface area contributed by atoms with E-state index in [0.717, 1.165) is 29.1 Å². The normalized spacial score (nSPS) is 59.5. The highest BCUT2D eigenvalue weighted by Gasteiger charge is 2.47. The lowest BCUT2D eigenvalue weighted by molar-refractivity contribution is 0.0792. The summed E-state index contributed by atoms with van der Waals surface area (Å²) in [4.78, 5) is 0. The van der Waals surface area contributed by atoms with Crippen LogP contribution in [0.4, 0.5) is 0 Å². The van der Waals surface area contributed by atoms with E-state index in [1.54, 1.807) is 32.1 Å². The third kappa shape index (κ3) is 1.25. The third-order valence-corrected chi connectivity index (χ3v) is 5.12. The van der Waals surface area contributed by atoms with Gasteiger partial charge in [0.1, 0.15) is 0 Å². The van der Waals surface area contributed by atoms with E-state index in [1.807, 2.05) is 0 Å². The molecule has 4 saturated carbocycles. The zero-order valence-corrected chi connectivity index (χ0v) is 9.05. The van der Waals surface area contributed by atoms with Crippen LogP contribution in [0, 0.1) is 29.1 Å². The fourth-order valence-corrected chi connectivity index (χ4v) is 5.00. The summed E-state index contributed by atoms with van der Waals surface area (Å²) < 4.78 is 0. The largest absolute Gasteiger partial charge is 0.0622 e. The number of fused-ring (bicyclic) bond motifs is 1. The lowest BCUT2D eigenvalue weighted by Gasteiger charge is -2.43. The number of hydrogen-bond donors (Lipinski definition) is 0. The number of hydrogen-bond acceptors (Lipinski definition) is 0. The molecule has 0 heterocycles. The van der Waals surface area contributed by atoms with E-state index < -0.39 is 0 Å². The lowest BCUT2D eigenvalue weighted by atomic mass is 9.62. The van der Waals surface area contributed by atoms with Crippen molar-refractivity contribution in [2.45, 2.75) is 52.4 Å². The van der Waals surface area contributed by atoms with Crippen LogP contribution in [0.15, 0.2) is 0 Å². The molecule has 4 fully saturated rings. The van der Waals surface area contributed by atoms with Gasteiger partial charge in [-0.25, -0.2) is 0 Å². The van der Waals surface area contributed by atoms with E-state index >= 15 is 0 Å². The summed E-state index contributed by atoms with van der Waals surface area (Å²) in [5.74, 6) is 4.37. The van der Waals surface area contributed by atoms with Gasteiger partial charge in [0, 0.05) is 0 Å². The molecule has 4 bridgehead atoms. The Morgan fingerprint density at radius 3 is 2.15 bits per heavy atom. The van der Waals surface area contributed by atoms with E-state index in [4.69, 9.17) is 0 Å². The fraction of sp³-hybridized carbons (Fsp3) is 1.00. The second kappa shape index (κ2) is 2.52. The summed E-state index contributed by atoms with van der Waals surface area (Å²) in [6, 6.07) is 0. The molecule has 3 unspecified atom stereocenters. The minimum atomic E-state index is 0.748. The predicted molar refractivity (Wildman–Crippen MR) is 55.4 cm³/mol. The van der Waals surface area contributed by atoms with Gasteiger partial charge in [0.2, 0.25) is 0 Å². The van der Waals surface area contributed by atoms with Crippen LogP contribution in [0.5, 0.6) is 0 Å². The van der Waals surface area contributed by atoms with Gasteiger partial charge in [-0.05, 0) is 67.6 Å². The molecule has 0 nitrogen and oxygen atoms in total. The predicted octanol–water partition coefficient (Wildman–Crippen LogP) is 3.86. The van der Waals surface area contributed by atoms with Crippen molar-refractivity contribution in [1.29, 1.82) is 0 Å². The smallest absolute Gasteiger partial charge is 0.0318 e. The van der Waals surface area contributed by atoms with E-state index in [1.165, 1.54) is 6.42 Å². The fourth-order valence-electron chi connectivity index (χ4n) is 5.00. The summed E-state index contributed by atoms with van der Waals surface area (Å²) in [5.41, 5.74) is 0.748. The third-order valence-electron chi connectivity index (χ3n) is 5.12. The second-order valence-electron chi connectivity index (χ2n) is 6.60. The van der Waals surface area contributed by atoms with Crippen molar-refractivity contribution < 1.29 is 0 Å². The first kappa shape index (κ1) is 8.32. The SMILES string of the molecule is CC1CC2(C)CC3CC(CC1C3)C2. The molecule has 0 spiro atoms. The first-order valence-corrected chi connectivity index (χ1v) is 6.15. The molecule has 0 aromatic rings. The van der Waals surface area contributed by atoms with Gasteiger partial charge in [-0.1, -0.05) is 13.8 Å². The summed E-state index contributed by atoms with van der Waals surface area (Å²) in [6.45, 7) is 5.08. The van der Waals surface area contributed by atoms with Crippen molar-refractivity contribution in [2.24, 2.45) is 29.1 Å². The Morgan fingerprint density at radius 2 is 1.54 bits per heavy atom. The molecule has 0 radical (unpaired) electrons. The van der Waals surface area contributed by atoms with Crippen LogP contribution < -0.4 is 0 Å². The van der Waals surface area contributed by atoms with Crippen molar-refractivity contribution in [3.8, 4) is 0 Å². The van der Waals surface area contributed by atoms with Crippen molar-refractivity contribution in [2.75, 3.05) is 0 Å². The van der Waals surface area contributed by atoms with Crippen molar-refractivity contribution in [3.63, 3.8) is 0 Å². The molecule has 0 aromatic carbocycles. The molecular formula is C13H22. The van der Waals surface area contributed by atoms with Gasteiger partial charge < -0.3 is 0 Å². The van der Waals surface area contributed by atoms with Crippen LogP contribution in [-0.2, 0) is 0 Å². The van der Waals surface area contributed by atoms with E-state index in [-0.39, 0.29) is 0 Å². The van der Waals surface area contributed by atoms with Crippen LogP contribution in [0.3, 0.4) is 0 Å². The van der Waals surface area contributed by atoms with Crippen LogP contribution in [0.25, 0.3) is 0 Å². The molecular weight excluding hydrogens is 156 g/mol. The van der Waals surface area contributed by atoms with Crippen LogP contribution in [0.1, 0.15) is 52.4 Å². The van der Waals surface area contributed by atoms with Crippen LogP contribution >= 0.6 is 0 Å². The van der Waals surface area contributed by atoms with E-state index in [9.17, 15) is 0 Å². The highest BCUT2D eigenvalue weighted by molar-refractivity contribution is 4.98. The van der Waals surface area contributed by atoms with Gasteiger partial charge >= 0.3 is 0 Å². The molecule has 0 aromatic heterocycles. The molecule has 0 N–H and O–H groups in total. The van der Waals surface area contributed by atoms with Gasteiger partial charge in [-0.2, -0.15) is 0 Å². The standard InChI is InChI=1S/C13H22/c1-9-6-13(2)7-10-3-11(8-13)5-12(9)4-10/h9-12H,3-8H2,1-2H3. The maximum absolute atomic E-state index is 2.57. The van der Waals surface area contributed by atoms with Crippen LogP contribution in [-0.4, -0.2) is 0 Å². The maximum atomic E-state index is 2.57. The molecule has 4 rings (SSSR count). The summed E-state index contributed by atoms with van der Waals surface area (Å²) in [7, 11) is 0. The Labute approximate surface area is 82.1 Å². The Hall–Kier alpha value is 0. The molecule has 0 aliphatic heterocycles. The molecule has 0 heteroatoms. The number of rotatable bonds is 0. The topological polar surface area (TPSA) is 0 Å². The highest BCUT2D eigenvalue weighted by atomic mass is 14.5. The minimum Gasteiger partial charge on any atom is -0.0622 e. The second-order valence-corrected chi connectivity index (χ2v) is 6.60. The van der Waals surface area contributed by atoms with Gasteiger partial charge in [0.05, 0.1) is 0 Å². The van der Waals surface area contributed by atoms with Crippen molar-refractivity contribution in [3.05, 3.63) is 0 Å². The Morgan fingerprint density at radius 1 is 0.923 bits per heavy atom. The molecule has 4 aliphatic carbocycles. The Kier molecular flexibility index (Phi) is 1.61. The van der Waals surface area contributed by atoms with E-state index in [0.29, 0.717) is 0 Å². The average molecular weight is 178 g/mol. The summed E-state index contributed by atoms with van der Waals surface area (Å²) >= 11 is 0. The minimum absolute atomic E-state index is 0.748. The van der Waals surface area contributed by atoms with Crippen molar-refractivity contribution in [1.82, 2.24) is 0 Å². The summed E-state index contributed by atoms with van der Waals surface area (Å²) in [5, 5.41) is 0. The Bertz CT molecular complexity index is 204. The molecule has 3 atom stereocenters. The zero-order valence-electron chi connectivity index (χ0n) is 9.05. The molecule has 74 valence electrons. The van der Waals surface area contributed by atoms with Gasteiger partial charge in [-0.3, -0.25) is 0 Å². The average Bonchev–Trinajstić information content (AvgIpc) is 2.11. The van der Waals surface area contributed by atoms with Gasteiger partial charge in [0.15, 0.2) is 0 Å². The first-order valence-electron chi connectivity index (χ1n) is 6.15. The molecule has 13 heavy (non-hydrogen) atoms. The van der Waals surface area contributed by atoms with Crippen LogP contribution in [0.2, 0.25) is 0 Å². The molecule has 4 aliphatic rings. The zero-order chi connectivity index (χ0) is 9.05. The maximum Gasteiger partial charge on any atom is -0.0318 e.